The minimum absolute atomic E-state index is 0.0462. The van der Waals surface area contributed by atoms with Crippen LogP contribution >= 0.6 is 136 Å². The van der Waals surface area contributed by atoms with Crippen LogP contribution in [0.4, 0.5) is 37.2 Å². The van der Waals surface area contributed by atoms with Gasteiger partial charge in [0.25, 0.3) is 0 Å². The van der Waals surface area contributed by atoms with E-state index >= 15 is 0 Å². The maximum absolute atomic E-state index is 13.3. The Labute approximate surface area is 833 Å². The molecular formula is C92H122Cl10F2N5O5P5Ti5. The molecule has 0 bridgehead atoms. The zero-order valence-electron chi connectivity index (χ0n) is 76.2. The molecule has 0 saturated carbocycles. The molecule has 5 unspecified atom stereocenters. The molecule has 674 valence electrons. The summed E-state index contributed by atoms with van der Waals surface area (Å²) in [4.78, 5) is 10.2. The molecule has 0 aromatic heterocycles. The van der Waals surface area contributed by atoms with Crippen molar-refractivity contribution >= 4 is 217 Å². The predicted molar refractivity (Wildman–Crippen MR) is 544 cm³/mol. The van der Waals surface area contributed by atoms with Crippen molar-refractivity contribution < 1.29 is 119 Å². The van der Waals surface area contributed by atoms with Gasteiger partial charge in [-0.3, -0.25) is 0 Å². The summed E-state index contributed by atoms with van der Waals surface area (Å²) in [6.07, 6.45) is 0. The number of para-hydroxylation sites is 2. The van der Waals surface area contributed by atoms with E-state index in [1.807, 2.05) is 82.2 Å². The predicted octanol–water partition coefficient (Wildman–Crippen LogP) is 24.6. The number of anilines is 5. The van der Waals surface area contributed by atoms with Crippen LogP contribution in [0, 0.1) is 53.2 Å². The standard InChI is InChI=1S/C23H34NOP.2C20H28NOP.C15H17FNOP.C14H15FNOP.10ClH.5Ti/c1-15-10-11-19(18(12-15)24(8)9)26-20-14-16(22(2,3)4)13-17(21(20)25)23(5,6)7;1-13-8-9-17(16(11-13)21(6)7)23-18-12-14(2)10-15(19(18)22)20(3,4)5;1-13-8-9-17(16(10-13)21(6)7)23-18-12-15(20(3,4)5)11-14(2)19(18)22;1-10-5-4-6-14(15(10)18)19-13-8-7-11(16)9-12(13)17(2)3;1-16(2)11-9-10(15)7-8-13(11)18-14-6-4-3-5-12(14)17;;;;;;;;;;;;;;;/h10-14,25-26H,1-9H3;2*8-12,22-23H,1-7H3;4-9,18-19H,1-3H3;3-9,17-18H,1-2H3;10*1H;;;;;/q;;;;;;;;;;;;;;;5*+2/p-10. The van der Waals surface area contributed by atoms with Gasteiger partial charge in [0.1, 0.15) is 40.4 Å². The number of hydrogen-bond acceptors (Lipinski definition) is 10. The second-order valence-electron chi connectivity index (χ2n) is 33.6. The second-order valence-corrected chi connectivity index (χ2v) is 53.2. The number of hydrogen-bond donors (Lipinski definition) is 5. The van der Waals surface area contributed by atoms with E-state index < -0.39 is 85.2 Å². The monoisotopic (exact) mass is 2160 g/mol. The van der Waals surface area contributed by atoms with Crippen LogP contribution in [0.25, 0.3) is 0 Å². The van der Waals surface area contributed by atoms with Crippen molar-refractivity contribution in [3.05, 3.63) is 237 Å². The summed E-state index contributed by atoms with van der Waals surface area (Å²) in [5, 5.41) is 62.9. The fraction of sp³-hybridized carbons (Fsp3) is 0.348. The molecule has 10 rings (SSSR count). The molecule has 32 heteroatoms. The van der Waals surface area contributed by atoms with Crippen molar-refractivity contribution in [1.82, 2.24) is 0 Å². The summed E-state index contributed by atoms with van der Waals surface area (Å²) < 4.78 is 26.6. The summed E-state index contributed by atoms with van der Waals surface area (Å²) in [5.74, 6) is 1.46. The molecule has 0 radical (unpaired) electrons. The number of nitrogens with zero attached hydrogens (tertiary/aromatic N) is 5. The van der Waals surface area contributed by atoms with Gasteiger partial charge in [0.05, 0.1) is 0 Å². The van der Waals surface area contributed by atoms with Crippen molar-refractivity contribution in [2.24, 2.45) is 0 Å². The Morgan fingerprint density at radius 2 is 0.532 bits per heavy atom. The Bertz CT molecular complexity index is 4870. The van der Waals surface area contributed by atoms with Gasteiger partial charge in [0.15, 0.2) is 0 Å². The number of aromatic hydroxyl groups is 5. The van der Waals surface area contributed by atoms with Gasteiger partial charge in [-0.1, -0.05) is 217 Å². The van der Waals surface area contributed by atoms with E-state index in [-0.39, 0.29) is 39.0 Å². The van der Waals surface area contributed by atoms with Crippen LogP contribution in [-0.2, 0) is 107 Å². The van der Waals surface area contributed by atoms with E-state index in [4.69, 9.17) is 93.0 Å². The molecule has 0 aliphatic carbocycles. The zero-order valence-corrected chi connectivity index (χ0v) is 96.5. The molecular weight excluding hydrogens is 2040 g/mol. The number of halogens is 12. The van der Waals surface area contributed by atoms with E-state index in [9.17, 15) is 34.3 Å². The van der Waals surface area contributed by atoms with Crippen molar-refractivity contribution in [3.8, 4) is 28.7 Å². The molecule has 0 amide bonds. The fourth-order valence-corrected chi connectivity index (χ4v) is 18.7. The molecule has 10 aromatic rings. The summed E-state index contributed by atoms with van der Waals surface area (Å²) in [5.41, 5.74) is 16.7. The van der Waals surface area contributed by atoms with Gasteiger partial charge in [-0.25, -0.2) is 8.78 Å². The maximum atomic E-state index is 13.3. The molecule has 0 aliphatic rings. The van der Waals surface area contributed by atoms with Gasteiger partial charge in [0, 0.05) is 163 Å². The molecule has 5 N–H and O–H groups in total. The van der Waals surface area contributed by atoms with Crippen molar-refractivity contribution in [2.45, 2.75) is 146 Å². The number of phenols is 5. The van der Waals surface area contributed by atoms with Crippen LogP contribution in [0.1, 0.15) is 139 Å². The van der Waals surface area contributed by atoms with Gasteiger partial charge in [-0.2, -0.15) is 0 Å². The van der Waals surface area contributed by atoms with E-state index in [2.05, 4.69) is 259 Å². The first-order chi connectivity index (χ1) is 57.6. The third kappa shape index (κ3) is 42.9. The Morgan fingerprint density at radius 3 is 0.863 bits per heavy atom. The first-order valence-corrected chi connectivity index (χ1v) is 65.2. The third-order valence-corrected chi connectivity index (χ3v) is 25.1. The average Bonchev–Trinajstić information content (AvgIpc) is 0.785. The number of rotatable bonds is 15. The van der Waals surface area contributed by atoms with E-state index in [1.165, 1.54) is 90.6 Å². The number of benzene rings is 10. The Hall–Kier alpha value is -1.32. The van der Waals surface area contributed by atoms with Crippen molar-refractivity contribution in [1.29, 1.82) is 0 Å². The topological polar surface area (TPSA) is 117 Å². The van der Waals surface area contributed by atoms with Crippen molar-refractivity contribution in [3.63, 3.8) is 0 Å². The van der Waals surface area contributed by atoms with Crippen LogP contribution in [-0.4, -0.2) is 96.0 Å². The van der Waals surface area contributed by atoms with E-state index in [0.29, 0.717) is 65.9 Å². The third-order valence-electron chi connectivity index (χ3n) is 18.3. The van der Waals surface area contributed by atoms with Crippen LogP contribution in [0.2, 0.25) is 0 Å². The molecule has 0 saturated heterocycles. The SMILES string of the molecule is CN(C)c1cc(F)ccc1Pc1ccccc1O.Cc1ccc(Pc2cc(C(C)(C)C)cc(C(C)(C)C)c2O)c(N(C)C)c1.Cc1ccc(Pc2cc(C(C)(C)C)cc(C)c2O)c(N(C)C)c1.Cc1ccc(Pc2cc(C)cc(C(C)(C)C)c2O)c(N(C)C)c1.Cc1cccc(Pc2ccc(F)cc2N(C)C)c1O.[Cl][Ti][Cl].[Cl][Ti][Cl].[Cl][Ti][Cl].[Cl][Ti][Cl].[Cl][Ti][Cl]. The molecule has 124 heavy (non-hydrogen) atoms. The normalized spacial score (nSPS) is 11.1. The van der Waals surface area contributed by atoms with Gasteiger partial charge in [-0.05, 0) is 187 Å². The average molecular weight is 2160 g/mol. The van der Waals surface area contributed by atoms with E-state index in [0.717, 1.165) is 70.8 Å². The zero-order chi connectivity index (χ0) is 95.2. The second kappa shape index (κ2) is 60.1. The molecule has 10 aromatic carbocycles. The molecule has 0 fully saturated rings. The minimum atomic E-state index is -0.556. The molecule has 5 atom stereocenters. The van der Waals surface area contributed by atoms with Gasteiger partial charge < -0.3 is 50.0 Å². The number of aryl methyl sites for hydroxylation is 6. The Morgan fingerprint density at radius 1 is 0.258 bits per heavy atom. The van der Waals surface area contributed by atoms with Crippen LogP contribution in [0.15, 0.2) is 170 Å². The Balaban J connectivity index is 0.000000746. The Kier molecular flexibility index (Phi) is 58.5. The summed E-state index contributed by atoms with van der Waals surface area (Å²) in [6, 6.07) is 55.0. The first kappa shape index (κ1) is 121. The molecule has 0 aliphatic heterocycles. The van der Waals surface area contributed by atoms with Gasteiger partial charge in [0.2, 0.25) is 0 Å². The first-order valence-electron chi connectivity index (χ1n) is 38.7. The number of phenolic OH excluding ortho intramolecular Hbond substituents is 5. The molecule has 10 nitrogen and oxygen atoms in total. The van der Waals surface area contributed by atoms with E-state index in [1.54, 1.807) is 24.3 Å². The van der Waals surface area contributed by atoms with Crippen LogP contribution in [0.5, 0.6) is 28.7 Å². The van der Waals surface area contributed by atoms with Crippen LogP contribution in [0.3, 0.4) is 0 Å². The fourth-order valence-electron chi connectivity index (χ4n) is 11.9. The molecule has 0 heterocycles. The van der Waals surface area contributed by atoms with Gasteiger partial charge >= 0.3 is 178 Å². The summed E-state index contributed by atoms with van der Waals surface area (Å²) in [7, 11) is 70.8. The van der Waals surface area contributed by atoms with Gasteiger partial charge in [-0.15, -0.1) is 0 Å². The molecule has 0 spiro atoms. The summed E-state index contributed by atoms with van der Waals surface area (Å²) >= 11 is -2.78. The van der Waals surface area contributed by atoms with Crippen molar-refractivity contribution in [2.75, 3.05) is 95.0 Å². The summed E-state index contributed by atoms with van der Waals surface area (Å²) in [6.45, 7) is 38.6. The van der Waals surface area contributed by atoms with Crippen LogP contribution < -0.4 is 77.5 Å². The quantitative estimate of drug-likeness (QED) is 0.0502.